The molecule has 1 unspecified atom stereocenters. The monoisotopic (exact) mass is 429 g/mol. The maximum Gasteiger partial charge on any atom is 0.354 e. The van der Waals surface area contributed by atoms with Crippen LogP contribution in [0.25, 0.3) is 0 Å². The van der Waals surface area contributed by atoms with Crippen molar-refractivity contribution in [3.8, 4) is 23.3 Å². The average molecular weight is 429 g/mol. The Morgan fingerprint density at radius 2 is 1.94 bits per heavy atom. The van der Waals surface area contributed by atoms with Crippen LogP contribution in [0.5, 0.6) is 17.2 Å². The first-order chi connectivity index (χ1) is 15.5. The number of pyridine rings is 1. The molecular weight excluding hydrogens is 410 g/mol. The third-order valence-corrected chi connectivity index (χ3v) is 5.24. The number of nitriles is 1. The Kier molecular flexibility index (Phi) is 5.73. The molecule has 1 aliphatic heterocycles. The van der Waals surface area contributed by atoms with E-state index in [1.165, 1.54) is 18.1 Å². The number of carboxylic acids is 1. The summed E-state index contributed by atoms with van der Waals surface area (Å²) in [4.78, 5) is 29.5. The Hall–Kier alpha value is -4.38. The smallest absolute Gasteiger partial charge is 0.354 e. The number of carboxylic acid groups (broad SMARTS) is 1. The zero-order valence-corrected chi connectivity index (χ0v) is 17.2. The van der Waals surface area contributed by atoms with Gasteiger partial charge in [0.05, 0.1) is 12.7 Å². The normalized spacial score (nSPS) is 15.3. The summed E-state index contributed by atoms with van der Waals surface area (Å²) in [6, 6.07) is 19.0. The van der Waals surface area contributed by atoms with E-state index in [1.54, 1.807) is 48.5 Å². The third-order valence-electron chi connectivity index (χ3n) is 5.24. The van der Waals surface area contributed by atoms with Gasteiger partial charge in [-0.1, -0.05) is 24.3 Å². The Morgan fingerprint density at radius 3 is 2.69 bits per heavy atom. The summed E-state index contributed by atoms with van der Waals surface area (Å²) in [6.45, 7) is 0.357. The lowest BCUT2D eigenvalue weighted by atomic mass is 9.98. The standard InChI is InChI=1S/C24H19N3O5/c1-31-20-10-9-15(11-21(20)32-19-7-3-2-5-16(19)13-25)17-12-23(28)27(14-17)22-8-4-6-18(26-22)24(29)30/h2-11,17H,12,14H2,1H3,(H,29,30). The Bertz CT molecular complexity index is 1230. The lowest BCUT2D eigenvalue weighted by Crippen LogP contribution is -2.25. The number of hydrogen-bond donors (Lipinski definition) is 1. The first-order valence-corrected chi connectivity index (χ1v) is 9.85. The predicted molar refractivity (Wildman–Crippen MR) is 115 cm³/mol. The summed E-state index contributed by atoms with van der Waals surface area (Å²) in [7, 11) is 1.53. The van der Waals surface area contributed by atoms with Crippen molar-refractivity contribution in [2.75, 3.05) is 18.6 Å². The van der Waals surface area contributed by atoms with E-state index in [0.717, 1.165) is 5.56 Å². The molecule has 1 amide bonds. The van der Waals surface area contributed by atoms with Gasteiger partial charge >= 0.3 is 5.97 Å². The van der Waals surface area contributed by atoms with Crippen molar-refractivity contribution in [1.82, 2.24) is 4.98 Å². The van der Waals surface area contributed by atoms with Crippen molar-refractivity contribution in [2.45, 2.75) is 12.3 Å². The van der Waals surface area contributed by atoms with Crippen molar-refractivity contribution < 1.29 is 24.2 Å². The highest BCUT2D eigenvalue weighted by Crippen LogP contribution is 2.38. The van der Waals surface area contributed by atoms with Crippen LogP contribution in [0.2, 0.25) is 0 Å². The first kappa shape index (κ1) is 20.9. The minimum absolute atomic E-state index is 0.116. The lowest BCUT2D eigenvalue weighted by molar-refractivity contribution is -0.117. The van der Waals surface area contributed by atoms with Crippen molar-refractivity contribution in [1.29, 1.82) is 5.26 Å². The van der Waals surface area contributed by atoms with E-state index in [4.69, 9.17) is 9.47 Å². The van der Waals surface area contributed by atoms with Crippen molar-refractivity contribution in [3.63, 3.8) is 0 Å². The van der Waals surface area contributed by atoms with Crippen LogP contribution in [0.1, 0.15) is 34.0 Å². The SMILES string of the molecule is COc1ccc(C2CC(=O)N(c3cccc(C(=O)O)n3)C2)cc1Oc1ccccc1C#N. The minimum atomic E-state index is -1.15. The molecule has 8 nitrogen and oxygen atoms in total. The fourth-order valence-electron chi connectivity index (χ4n) is 3.64. The molecule has 0 radical (unpaired) electrons. The molecular formula is C24H19N3O5. The Balaban J connectivity index is 1.61. The molecule has 1 saturated heterocycles. The molecule has 4 rings (SSSR count). The number of benzene rings is 2. The number of anilines is 1. The van der Waals surface area contributed by atoms with E-state index < -0.39 is 5.97 Å². The van der Waals surface area contributed by atoms with Gasteiger partial charge in [0.15, 0.2) is 17.2 Å². The summed E-state index contributed by atoms with van der Waals surface area (Å²) in [5, 5.41) is 18.5. The fourth-order valence-corrected chi connectivity index (χ4v) is 3.64. The molecule has 0 spiro atoms. The molecule has 0 aliphatic carbocycles. The quantitative estimate of drug-likeness (QED) is 0.631. The van der Waals surface area contributed by atoms with E-state index in [0.29, 0.717) is 35.2 Å². The van der Waals surface area contributed by atoms with Crippen LogP contribution in [-0.2, 0) is 4.79 Å². The van der Waals surface area contributed by atoms with Gasteiger partial charge in [0.25, 0.3) is 0 Å². The molecule has 1 fully saturated rings. The molecule has 32 heavy (non-hydrogen) atoms. The van der Waals surface area contributed by atoms with Gasteiger partial charge in [0.2, 0.25) is 5.91 Å². The first-order valence-electron chi connectivity index (χ1n) is 9.85. The van der Waals surface area contributed by atoms with Gasteiger partial charge in [-0.2, -0.15) is 5.26 Å². The average Bonchev–Trinajstić information content (AvgIpc) is 3.21. The van der Waals surface area contributed by atoms with Gasteiger partial charge < -0.3 is 14.6 Å². The number of aromatic nitrogens is 1. The highest BCUT2D eigenvalue weighted by Gasteiger charge is 2.33. The second kappa shape index (κ2) is 8.78. The minimum Gasteiger partial charge on any atom is -0.493 e. The highest BCUT2D eigenvalue weighted by atomic mass is 16.5. The van der Waals surface area contributed by atoms with E-state index in [-0.39, 0.29) is 23.9 Å². The van der Waals surface area contributed by atoms with Gasteiger partial charge in [0.1, 0.15) is 17.6 Å². The van der Waals surface area contributed by atoms with Gasteiger partial charge in [-0.25, -0.2) is 9.78 Å². The van der Waals surface area contributed by atoms with Crippen LogP contribution < -0.4 is 14.4 Å². The van der Waals surface area contributed by atoms with Crippen molar-refractivity contribution >= 4 is 17.7 Å². The molecule has 1 N–H and O–H groups in total. The molecule has 2 aromatic carbocycles. The van der Waals surface area contributed by atoms with Gasteiger partial charge in [-0.3, -0.25) is 9.69 Å². The Labute approximate surface area is 184 Å². The molecule has 160 valence electrons. The van der Waals surface area contributed by atoms with Crippen LogP contribution in [-0.4, -0.2) is 35.6 Å². The highest BCUT2D eigenvalue weighted by molar-refractivity contribution is 5.96. The van der Waals surface area contributed by atoms with Gasteiger partial charge in [-0.05, 0) is 42.0 Å². The van der Waals surface area contributed by atoms with Gasteiger partial charge in [-0.15, -0.1) is 0 Å². The molecule has 1 aliphatic rings. The summed E-state index contributed by atoms with van der Waals surface area (Å²) >= 11 is 0. The molecule has 0 bridgehead atoms. The van der Waals surface area contributed by atoms with E-state index >= 15 is 0 Å². The summed E-state index contributed by atoms with van der Waals surface area (Å²) < 4.78 is 11.4. The number of hydrogen-bond acceptors (Lipinski definition) is 6. The number of carbonyl (C=O) groups excluding carboxylic acids is 1. The van der Waals surface area contributed by atoms with Crippen LogP contribution in [0.4, 0.5) is 5.82 Å². The van der Waals surface area contributed by atoms with Crippen molar-refractivity contribution in [2.24, 2.45) is 0 Å². The summed E-state index contributed by atoms with van der Waals surface area (Å²) in [5.41, 5.74) is 1.14. The van der Waals surface area contributed by atoms with Crippen LogP contribution >= 0.6 is 0 Å². The second-order valence-electron chi connectivity index (χ2n) is 7.21. The molecule has 0 saturated carbocycles. The number of nitrogens with zero attached hydrogens (tertiary/aromatic N) is 3. The van der Waals surface area contributed by atoms with Crippen LogP contribution in [0, 0.1) is 11.3 Å². The van der Waals surface area contributed by atoms with E-state index in [2.05, 4.69) is 11.1 Å². The van der Waals surface area contributed by atoms with Crippen molar-refractivity contribution in [3.05, 3.63) is 77.5 Å². The summed E-state index contributed by atoms with van der Waals surface area (Å²) in [5.74, 6) is 0.220. The maximum absolute atomic E-state index is 12.7. The van der Waals surface area contributed by atoms with Crippen LogP contribution in [0.3, 0.4) is 0 Å². The van der Waals surface area contributed by atoms with Crippen LogP contribution in [0.15, 0.2) is 60.7 Å². The maximum atomic E-state index is 12.7. The number of amides is 1. The fraction of sp³-hybridized carbons (Fsp3) is 0.167. The zero-order valence-electron chi connectivity index (χ0n) is 17.2. The third kappa shape index (κ3) is 4.09. The number of methoxy groups -OCH3 is 1. The predicted octanol–water partition coefficient (Wildman–Crippen LogP) is 3.97. The van der Waals surface area contributed by atoms with E-state index in [9.17, 15) is 20.0 Å². The lowest BCUT2D eigenvalue weighted by Gasteiger charge is -2.17. The van der Waals surface area contributed by atoms with E-state index in [1.807, 2.05) is 6.07 Å². The number of ether oxygens (including phenoxy) is 2. The summed E-state index contributed by atoms with van der Waals surface area (Å²) in [6.07, 6.45) is 0.250. The van der Waals surface area contributed by atoms with Gasteiger partial charge in [0, 0.05) is 18.9 Å². The molecule has 1 atom stereocenters. The Morgan fingerprint density at radius 1 is 1.12 bits per heavy atom. The number of para-hydroxylation sites is 1. The molecule has 3 aromatic rings. The largest absolute Gasteiger partial charge is 0.493 e. The molecule has 2 heterocycles. The second-order valence-corrected chi connectivity index (χ2v) is 7.21. The number of carbonyl (C=O) groups is 2. The zero-order chi connectivity index (χ0) is 22.7. The topological polar surface area (TPSA) is 113 Å². The molecule has 8 heteroatoms. The molecule has 1 aromatic heterocycles. The number of aromatic carboxylic acids is 1. The number of rotatable bonds is 6.